The number of benzene rings is 1. The molecular formula is C14H20O. The quantitative estimate of drug-likeness (QED) is 0.799. The Morgan fingerprint density at radius 2 is 2.13 bits per heavy atom. The molecule has 1 atom stereocenters. The van der Waals surface area contributed by atoms with Gasteiger partial charge in [0.25, 0.3) is 0 Å². The maximum Gasteiger partial charge on any atom is 0.0490 e. The van der Waals surface area contributed by atoms with E-state index in [-0.39, 0.29) is 5.41 Å². The van der Waals surface area contributed by atoms with Gasteiger partial charge in [0.2, 0.25) is 0 Å². The number of aliphatic hydroxyl groups is 1. The molecule has 0 saturated heterocycles. The summed E-state index contributed by atoms with van der Waals surface area (Å²) in [6, 6.07) is 8.63. The van der Waals surface area contributed by atoms with E-state index in [0.717, 1.165) is 12.3 Å². The lowest BCUT2D eigenvalue weighted by atomic mass is 9.79. The molecule has 1 aromatic carbocycles. The highest BCUT2D eigenvalue weighted by molar-refractivity contribution is 5.23. The number of hydrogen-bond donors (Lipinski definition) is 1. The Morgan fingerprint density at radius 1 is 1.40 bits per heavy atom. The number of hydrogen-bond acceptors (Lipinski definition) is 1. The molecule has 1 aliphatic rings. The van der Waals surface area contributed by atoms with Gasteiger partial charge < -0.3 is 5.11 Å². The molecule has 1 unspecified atom stereocenters. The van der Waals surface area contributed by atoms with Gasteiger partial charge in [-0.25, -0.2) is 0 Å². The molecule has 82 valence electrons. The zero-order chi connectivity index (χ0) is 10.9. The van der Waals surface area contributed by atoms with Crippen LogP contribution in [-0.4, -0.2) is 11.7 Å². The second-order valence-electron chi connectivity index (χ2n) is 5.25. The lowest BCUT2D eigenvalue weighted by Gasteiger charge is -2.27. The van der Waals surface area contributed by atoms with Gasteiger partial charge in [-0.1, -0.05) is 36.8 Å². The molecule has 0 amide bonds. The zero-order valence-corrected chi connectivity index (χ0v) is 9.66. The van der Waals surface area contributed by atoms with Crippen LogP contribution in [0.1, 0.15) is 30.9 Å². The smallest absolute Gasteiger partial charge is 0.0490 e. The third kappa shape index (κ3) is 2.40. The number of rotatable bonds is 4. The van der Waals surface area contributed by atoms with Crippen LogP contribution in [0.25, 0.3) is 0 Å². The van der Waals surface area contributed by atoms with Crippen molar-refractivity contribution < 1.29 is 5.11 Å². The summed E-state index contributed by atoms with van der Waals surface area (Å²) in [5.74, 6) is 0.739. The van der Waals surface area contributed by atoms with Gasteiger partial charge >= 0.3 is 0 Å². The second kappa shape index (κ2) is 3.97. The van der Waals surface area contributed by atoms with Crippen molar-refractivity contribution in [2.75, 3.05) is 6.61 Å². The van der Waals surface area contributed by atoms with Crippen LogP contribution < -0.4 is 0 Å². The Labute approximate surface area is 92.1 Å². The van der Waals surface area contributed by atoms with E-state index in [1.807, 2.05) is 0 Å². The number of aliphatic hydroxyl groups excluding tert-OH is 1. The summed E-state index contributed by atoms with van der Waals surface area (Å²) >= 11 is 0. The maximum absolute atomic E-state index is 9.53. The Morgan fingerprint density at radius 3 is 2.67 bits per heavy atom. The largest absolute Gasteiger partial charge is 0.396 e. The zero-order valence-electron chi connectivity index (χ0n) is 9.66. The average molecular weight is 204 g/mol. The van der Waals surface area contributed by atoms with Gasteiger partial charge in [-0.05, 0) is 43.1 Å². The topological polar surface area (TPSA) is 20.2 Å². The SMILES string of the molecule is Cc1cccc(CC(C)(CO)C2CC2)c1. The first-order chi connectivity index (χ1) is 7.14. The van der Waals surface area contributed by atoms with E-state index in [0.29, 0.717) is 6.61 Å². The van der Waals surface area contributed by atoms with Gasteiger partial charge in [-0.3, -0.25) is 0 Å². The van der Waals surface area contributed by atoms with Gasteiger partial charge in [0.1, 0.15) is 0 Å². The Balaban J connectivity index is 2.12. The molecule has 1 saturated carbocycles. The van der Waals surface area contributed by atoms with E-state index in [4.69, 9.17) is 0 Å². The predicted molar refractivity (Wildman–Crippen MR) is 62.8 cm³/mol. The standard InChI is InChI=1S/C14H20O/c1-11-4-3-5-12(8-11)9-14(2,10-15)13-6-7-13/h3-5,8,13,15H,6-7,9-10H2,1-2H3. The van der Waals surface area contributed by atoms with Crippen LogP contribution in [0.5, 0.6) is 0 Å². The van der Waals surface area contributed by atoms with E-state index >= 15 is 0 Å². The Kier molecular flexibility index (Phi) is 2.83. The summed E-state index contributed by atoms with van der Waals surface area (Å²) in [6.45, 7) is 4.65. The molecule has 0 bridgehead atoms. The van der Waals surface area contributed by atoms with E-state index in [9.17, 15) is 5.11 Å². The molecule has 0 aliphatic heterocycles. The second-order valence-corrected chi connectivity index (χ2v) is 5.25. The average Bonchev–Trinajstić information content (AvgIpc) is 3.01. The highest BCUT2D eigenvalue weighted by Gasteiger charge is 2.40. The van der Waals surface area contributed by atoms with Crippen molar-refractivity contribution >= 4 is 0 Å². The van der Waals surface area contributed by atoms with Crippen molar-refractivity contribution in [3.05, 3.63) is 35.4 Å². The first-order valence-electron chi connectivity index (χ1n) is 5.80. The van der Waals surface area contributed by atoms with Gasteiger partial charge in [-0.2, -0.15) is 0 Å². The Bertz CT molecular complexity index is 341. The minimum Gasteiger partial charge on any atom is -0.396 e. The minimum absolute atomic E-state index is 0.105. The van der Waals surface area contributed by atoms with Crippen LogP contribution in [0, 0.1) is 18.3 Å². The summed E-state index contributed by atoms with van der Waals surface area (Å²) in [5.41, 5.74) is 2.77. The van der Waals surface area contributed by atoms with Crippen LogP contribution in [0.3, 0.4) is 0 Å². The first-order valence-corrected chi connectivity index (χ1v) is 5.80. The van der Waals surface area contributed by atoms with Gasteiger partial charge in [0, 0.05) is 6.61 Å². The first kappa shape index (κ1) is 10.7. The number of aryl methyl sites for hydroxylation is 1. The van der Waals surface area contributed by atoms with Crippen molar-refractivity contribution in [3.63, 3.8) is 0 Å². The van der Waals surface area contributed by atoms with Gasteiger partial charge in [-0.15, -0.1) is 0 Å². The molecule has 1 fully saturated rings. The summed E-state index contributed by atoms with van der Waals surface area (Å²) in [4.78, 5) is 0. The molecule has 0 radical (unpaired) electrons. The molecule has 2 rings (SSSR count). The fourth-order valence-electron chi connectivity index (χ4n) is 2.40. The molecule has 0 heterocycles. The highest BCUT2D eigenvalue weighted by atomic mass is 16.3. The van der Waals surface area contributed by atoms with E-state index < -0.39 is 0 Å². The molecule has 1 N–H and O–H groups in total. The fraction of sp³-hybridized carbons (Fsp3) is 0.571. The lowest BCUT2D eigenvalue weighted by Crippen LogP contribution is -2.26. The van der Waals surface area contributed by atoms with E-state index in [2.05, 4.69) is 38.1 Å². The van der Waals surface area contributed by atoms with Crippen molar-refractivity contribution in [3.8, 4) is 0 Å². The predicted octanol–water partition coefficient (Wildman–Crippen LogP) is 2.95. The summed E-state index contributed by atoms with van der Waals surface area (Å²) in [5, 5.41) is 9.53. The molecule has 1 aromatic rings. The van der Waals surface area contributed by atoms with Crippen LogP contribution in [-0.2, 0) is 6.42 Å². The lowest BCUT2D eigenvalue weighted by molar-refractivity contribution is 0.119. The molecule has 0 spiro atoms. The maximum atomic E-state index is 9.53. The third-order valence-electron chi connectivity index (χ3n) is 3.61. The molecular weight excluding hydrogens is 184 g/mol. The van der Waals surface area contributed by atoms with E-state index in [1.54, 1.807) is 0 Å². The summed E-state index contributed by atoms with van der Waals surface area (Å²) < 4.78 is 0. The van der Waals surface area contributed by atoms with E-state index in [1.165, 1.54) is 24.0 Å². The molecule has 1 nitrogen and oxygen atoms in total. The van der Waals surface area contributed by atoms with Crippen LogP contribution in [0.15, 0.2) is 24.3 Å². The summed E-state index contributed by atoms with van der Waals surface area (Å²) in [6.07, 6.45) is 3.60. The monoisotopic (exact) mass is 204 g/mol. The molecule has 15 heavy (non-hydrogen) atoms. The minimum atomic E-state index is 0.105. The van der Waals surface area contributed by atoms with Gasteiger partial charge in [0.15, 0.2) is 0 Å². The normalized spacial score (nSPS) is 19.9. The molecule has 0 aromatic heterocycles. The van der Waals surface area contributed by atoms with Crippen LogP contribution >= 0.6 is 0 Å². The van der Waals surface area contributed by atoms with Crippen molar-refractivity contribution in [1.82, 2.24) is 0 Å². The van der Waals surface area contributed by atoms with Crippen molar-refractivity contribution in [1.29, 1.82) is 0 Å². The molecule has 1 aliphatic carbocycles. The van der Waals surface area contributed by atoms with Crippen LogP contribution in [0.2, 0.25) is 0 Å². The van der Waals surface area contributed by atoms with Crippen molar-refractivity contribution in [2.24, 2.45) is 11.3 Å². The molecule has 1 heteroatoms. The fourth-order valence-corrected chi connectivity index (χ4v) is 2.40. The highest BCUT2D eigenvalue weighted by Crippen LogP contribution is 2.47. The van der Waals surface area contributed by atoms with Gasteiger partial charge in [0.05, 0.1) is 0 Å². The summed E-state index contributed by atoms with van der Waals surface area (Å²) in [7, 11) is 0. The Hall–Kier alpha value is -0.820. The van der Waals surface area contributed by atoms with Crippen molar-refractivity contribution in [2.45, 2.75) is 33.1 Å². The third-order valence-corrected chi connectivity index (χ3v) is 3.61. The van der Waals surface area contributed by atoms with Crippen LogP contribution in [0.4, 0.5) is 0 Å².